The average molecular weight is 365 g/mol. The molecular weight excluding hydrogens is 341 g/mol. The molecule has 0 spiro atoms. The zero-order valence-corrected chi connectivity index (χ0v) is 15.8. The standard InChI is InChI=1S/C21H24FN5/c1-15-24-13-21(26(15)2)20-12-23-11-19(25-20)16-7-9-27(10-8-16)14-17-5-3-4-6-18(17)22/h3-6,11-13,16H,7-10,14H2,1-2H3. The van der Waals surface area contributed by atoms with Crippen molar-refractivity contribution >= 4 is 0 Å². The van der Waals surface area contributed by atoms with Gasteiger partial charge in [0.05, 0.1) is 23.8 Å². The van der Waals surface area contributed by atoms with E-state index in [4.69, 9.17) is 4.98 Å². The molecule has 1 aromatic carbocycles. The van der Waals surface area contributed by atoms with E-state index in [9.17, 15) is 4.39 Å². The van der Waals surface area contributed by atoms with E-state index in [1.165, 1.54) is 6.07 Å². The first-order valence-corrected chi connectivity index (χ1v) is 9.38. The number of halogens is 1. The lowest BCUT2D eigenvalue weighted by molar-refractivity contribution is 0.201. The first-order valence-electron chi connectivity index (χ1n) is 9.38. The Hall–Kier alpha value is -2.60. The molecule has 0 amide bonds. The molecular formula is C21H24FN5. The summed E-state index contributed by atoms with van der Waals surface area (Å²) in [5.41, 5.74) is 3.66. The summed E-state index contributed by atoms with van der Waals surface area (Å²) in [7, 11) is 1.99. The van der Waals surface area contributed by atoms with E-state index in [1.807, 2.05) is 43.1 Å². The van der Waals surface area contributed by atoms with Crippen molar-refractivity contribution in [3.05, 3.63) is 65.8 Å². The molecule has 3 heterocycles. The lowest BCUT2D eigenvalue weighted by Crippen LogP contribution is -2.33. The van der Waals surface area contributed by atoms with Crippen LogP contribution in [0.25, 0.3) is 11.4 Å². The average Bonchev–Trinajstić information content (AvgIpc) is 3.03. The summed E-state index contributed by atoms with van der Waals surface area (Å²) in [6, 6.07) is 7.03. The third kappa shape index (κ3) is 3.76. The maximum absolute atomic E-state index is 13.9. The summed E-state index contributed by atoms with van der Waals surface area (Å²) in [6.45, 7) is 4.52. The Balaban J connectivity index is 1.43. The summed E-state index contributed by atoms with van der Waals surface area (Å²) < 4.78 is 15.9. The molecule has 1 aliphatic rings. The van der Waals surface area contributed by atoms with Gasteiger partial charge >= 0.3 is 0 Å². The maximum atomic E-state index is 13.9. The van der Waals surface area contributed by atoms with Gasteiger partial charge in [-0.05, 0) is 38.9 Å². The number of hydrogen-bond acceptors (Lipinski definition) is 4. The monoisotopic (exact) mass is 365 g/mol. The minimum Gasteiger partial charge on any atom is -0.330 e. The molecule has 0 bridgehead atoms. The minimum absolute atomic E-state index is 0.121. The van der Waals surface area contributed by atoms with Crippen LogP contribution in [0.4, 0.5) is 4.39 Å². The van der Waals surface area contributed by atoms with Crippen molar-refractivity contribution in [1.29, 1.82) is 0 Å². The normalized spacial score (nSPS) is 16.0. The van der Waals surface area contributed by atoms with Gasteiger partial charge in [-0.3, -0.25) is 9.88 Å². The number of nitrogens with zero attached hydrogens (tertiary/aromatic N) is 5. The predicted octanol–water partition coefficient (Wildman–Crippen LogP) is 3.70. The highest BCUT2D eigenvalue weighted by molar-refractivity contribution is 5.53. The summed E-state index contributed by atoms with van der Waals surface area (Å²) in [4.78, 5) is 15.9. The Labute approximate surface area is 158 Å². The van der Waals surface area contributed by atoms with Gasteiger partial charge in [0.25, 0.3) is 0 Å². The second kappa shape index (κ2) is 7.56. The van der Waals surface area contributed by atoms with Crippen molar-refractivity contribution in [2.45, 2.75) is 32.2 Å². The molecule has 1 fully saturated rings. The van der Waals surface area contributed by atoms with Crippen LogP contribution in [-0.2, 0) is 13.6 Å². The van der Waals surface area contributed by atoms with Crippen LogP contribution in [-0.4, -0.2) is 37.5 Å². The SMILES string of the molecule is Cc1ncc(-c2cncc(C3CCN(Cc4ccccc4F)CC3)n2)n1C. The second-order valence-corrected chi connectivity index (χ2v) is 7.22. The van der Waals surface area contributed by atoms with Crippen LogP contribution in [0, 0.1) is 12.7 Å². The van der Waals surface area contributed by atoms with Crippen molar-refractivity contribution in [1.82, 2.24) is 24.4 Å². The van der Waals surface area contributed by atoms with E-state index in [0.29, 0.717) is 12.5 Å². The smallest absolute Gasteiger partial charge is 0.127 e. The summed E-state index contributed by atoms with van der Waals surface area (Å²) in [5.74, 6) is 1.23. The quantitative estimate of drug-likeness (QED) is 0.707. The fourth-order valence-electron chi connectivity index (χ4n) is 3.70. The third-order valence-corrected chi connectivity index (χ3v) is 5.49. The van der Waals surface area contributed by atoms with Gasteiger partial charge in [-0.15, -0.1) is 0 Å². The van der Waals surface area contributed by atoms with Crippen molar-refractivity contribution in [3.8, 4) is 11.4 Å². The van der Waals surface area contributed by atoms with Gasteiger partial charge in [0.2, 0.25) is 0 Å². The van der Waals surface area contributed by atoms with Gasteiger partial charge in [0.1, 0.15) is 17.3 Å². The lowest BCUT2D eigenvalue weighted by atomic mass is 9.93. The van der Waals surface area contributed by atoms with Crippen LogP contribution in [0.2, 0.25) is 0 Å². The van der Waals surface area contributed by atoms with Crippen molar-refractivity contribution in [3.63, 3.8) is 0 Å². The Morgan fingerprint density at radius 3 is 2.59 bits per heavy atom. The summed E-state index contributed by atoms with van der Waals surface area (Å²) >= 11 is 0. The zero-order valence-electron chi connectivity index (χ0n) is 15.8. The van der Waals surface area contributed by atoms with Crippen LogP contribution in [0.3, 0.4) is 0 Å². The van der Waals surface area contributed by atoms with Gasteiger partial charge in [-0.2, -0.15) is 0 Å². The molecule has 0 radical (unpaired) electrons. The molecule has 2 aromatic heterocycles. The second-order valence-electron chi connectivity index (χ2n) is 7.22. The highest BCUT2D eigenvalue weighted by atomic mass is 19.1. The Morgan fingerprint density at radius 1 is 1.11 bits per heavy atom. The molecule has 0 aliphatic carbocycles. The highest BCUT2D eigenvalue weighted by Gasteiger charge is 2.23. The topological polar surface area (TPSA) is 46.8 Å². The number of imidazole rings is 1. The number of likely N-dealkylation sites (tertiary alicyclic amines) is 1. The first kappa shape index (κ1) is 17.8. The van der Waals surface area contributed by atoms with Crippen LogP contribution >= 0.6 is 0 Å². The van der Waals surface area contributed by atoms with Crippen molar-refractivity contribution in [2.24, 2.45) is 7.05 Å². The van der Waals surface area contributed by atoms with Crippen molar-refractivity contribution in [2.75, 3.05) is 13.1 Å². The molecule has 27 heavy (non-hydrogen) atoms. The molecule has 1 aliphatic heterocycles. The van der Waals surface area contributed by atoms with E-state index in [0.717, 1.165) is 54.4 Å². The molecule has 3 aromatic rings. The summed E-state index contributed by atoms with van der Waals surface area (Å²) in [5, 5.41) is 0. The number of aryl methyl sites for hydroxylation is 1. The number of hydrogen-bond donors (Lipinski definition) is 0. The molecule has 6 heteroatoms. The van der Waals surface area contributed by atoms with Crippen molar-refractivity contribution < 1.29 is 4.39 Å². The number of aromatic nitrogens is 4. The fourth-order valence-corrected chi connectivity index (χ4v) is 3.70. The number of benzene rings is 1. The lowest BCUT2D eigenvalue weighted by Gasteiger charge is -2.31. The first-order chi connectivity index (χ1) is 13.1. The van der Waals surface area contributed by atoms with Gasteiger partial charge in [-0.25, -0.2) is 14.4 Å². The molecule has 0 atom stereocenters. The number of rotatable bonds is 4. The molecule has 0 saturated carbocycles. The molecule has 1 saturated heterocycles. The fraction of sp³-hybridized carbons (Fsp3) is 0.381. The van der Waals surface area contributed by atoms with E-state index in [-0.39, 0.29) is 5.82 Å². The van der Waals surface area contributed by atoms with Crippen LogP contribution in [0.1, 0.15) is 35.8 Å². The minimum atomic E-state index is -0.121. The van der Waals surface area contributed by atoms with E-state index >= 15 is 0 Å². The Bertz CT molecular complexity index is 928. The van der Waals surface area contributed by atoms with Crippen LogP contribution < -0.4 is 0 Å². The largest absolute Gasteiger partial charge is 0.330 e. The van der Waals surface area contributed by atoms with Gasteiger partial charge < -0.3 is 4.57 Å². The molecule has 5 nitrogen and oxygen atoms in total. The maximum Gasteiger partial charge on any atom is 0.127 e. The van der Waals surface area contributed by atoms with Crippen LogP contribution in [0.15, 0.2) is 42.9 Å². The number of piperidine rings is 1. The van der Waals surface area contributed by atoms with Crippen LogP contribution in [0.5, 0.6) is 0 Å². The predicted molar refractivity (Wildman–Crippen MR) is 103 cm³/mol. The Morgan fingerprint density at radius 2 is 1.89 bits per heavy atom. The Kier molecular flexibility index (Phi) is 4.99. The highest BCUT2D eigenvalue weighted by Crippen LogP contribution is 2.29. The third-order valence-electron chi connectivity index (χ3n) is 5.49. The van der Waals surface area contributed by atoms with Gasteiger partial charge in [-0.1, -0.05) is 18.2 Å². The van der Waals surface area contributed by atoms with E-state index < -0.39 is 0 Å². The van der Waals surface area contributed by atoms with Gasteiger partial charge in [0.15, 0.2) is 0 Å². The summed E-state index contributed by atoms with van der Waals surface area (Å²) in [6.07, 6.45) is 7.55. The molecule has 0 N–H and O–H groups in total. The molecule has 140 valence electrons. The molecule has 0 unspecified atom stereocenters. The van der Waals surface area contributed by atoms with E-state index in [2.05, 4.69) is 14.9 Å². The zero-order chi connectivity index (χ0) is 18.8. The molecule has 4 rings (SSSR count). The van der Waals surface area contributed by atoms with E-state index in [1.54, 1.807) is 12.3 Å². The van der Waals surface area contributed by atoms with Gasteiger partial charge in [0, 0.05) is 31.3 Å².